The molecule has 0 aromatic heterocycles. The zero-order chi connectivity index (χ0) is 19.8. The van der Waals surface area contributed by atoms with Crippen molar-refractivity contribution in [1.29, 1.82) is 0 Å². The standard InChI is InChI=1S/C12H13N3O2.C4H9O.C3H8N.Zr/c16-9-7-8(13-1-2-13)12(17)11(15-5-6-15)10(9)14-3-4-14;1-4(2,3)5;1-3-4-2;/h7H,1-6H2;1-3H3;3H2,1-2H3;/q;2*-1;+2. The van der Waals surface area contributed by atoms with Crippen LogP contribution in [0, 0.1) is 0 Å². The third-order valence-corrected chi connectivity index (χ3v) is 7.74. The van der Waals surface area contributed by atoms with Gasteiger partial charge in [0.1, 0.15) is 11.4 Å². The van der Waals surface area contributed by atoms with E-state index in [0.717, 1.165) is 45.8 Å². The Morgan fingerprint density at radius 2 is 1.52 bits per heavy atom. The molecule has 3 heterocycles. The minimum atomic E-state index is -0.694. The summed E-state index contributed by atoms with van der Waals surface area (Å²) in [5.41, 5.74) is 1.95. The Morgan fingerprint density at radius 3 is 1.96 bits per heavy atom. The van der Waals surface area contributed by atoms with Gasteiger partial charge in [-0.05, 0) is 0 Å². The first-order valence-electron chi connectivity index (χ1n) is 9.66. The molecule has 3 aliphatic heterocycles. The molecule has 0 amide bonds. The number of rotatable bonds is 6. The average molecular weight is 454 g/mol. The Kier molecular flexibility index (Phi) is 6.28. The van der Waals surface area contributed by atoms with Crippen LogP contribution in [0.25, 0.3) is 0 Å². The van der Waals surface area contributed by atoms with Crippen LogP contribution in [0.4, 0.5) is 0 Å². The van der Waals surface area contributed by atoms with Gasteiger partial charge in [-0.15, -0.1) is 0 Å². The van der Waals surface area contributed by atoms with E-state index in [0.29, 0.717) is 17.1 Å². The van der Waals surface area contributed by atoms with Crippen molar-refractivity contribution in [1.82, 2.24) is 17.5 Å². The summed E-state index contributed by atoms with van der Waals surface area (Å²) in [5.74, 6) is 0.0485. The minimum absolute atomic E-state index is 0.00546. The quantitative estimate of drug-likeness (QED) is 0.436. The monoisotopic (exact) mass is 452 g/mol. The molecule has 3 fully saturated rings. The number of hydrogen-bond acceptors (Lipinski definition) is 7. The number of allylic oxidation sites excluding steroid dienone is 1. The molecule has 4 aliphatic rings. The summed E-state index contributed by atoms with van der Waals surface area (Å²) in [6.07, 6.45) is 1.52. The molecule has 0 saturated carbocycles. The average Bonchev–Trinajstić information content (AvgIpc) is 3.47. The largest absolute Gasteiger partial charge is 0.365 e. The van der Waals surface area contributed by atoms with Crippen LogP contribution in [0.3, 0.4) is 0 Å². The number of ketones is 2. The Labute approximate surface area is 174 Å². The van der Waals surface area contributed by atoms with Crippen LogP contribution < -0.4 is 0 Å². The maximum atomic E-state index is 12.4. The van der Waals surface area contributed by atoms with Crippen molar-refractivity contribution in [3.63, 3.8) is 0 Å². The fraction of sp³-hybridized carbons (Fsp3) is 0.684. The summed E-state index contributed by atoms with van der Waals surface area (Å²) in [7, 11) is 2.12. The van der Waals surface area contributed by atoms with Crippen molar-refractivity contribution < 1.29 is 36.4 Å². The molecule has 0 unspecified atom stereocenters. The number of nitrogens with zero attached hydrogens (tertiary/aromatic N) is 4. The molecule has 4 rings (SSSR count). The van der Waals surface area contributed by atoms with E-state index in [4.69, 9.17) is 2.81 Å². The maximum Gasteiger partial charge on any atom is 0.227 e. The van der Waals surface area contributed by atoms with E-state index in [1.807, 2.05) is 14.7 Å². The topological polar surface area (TPSA) is 55.6 Å². The van der Waals surface area contributed by atoms with Gasteiger partial charge in [-0.1, -0.05) is 0 Å². The van der Waals surface area contributed by atoms with Crippen LogP contribution in [0.1, 0.15) is 27.7 Å². The van der Waals surface area contributed by atoms with E-state index < -0.39 is 24.0 Å². The summed E-state index contributed by atoms with van der Waals surface area (Å²) >= 11 is -0.694. The molecule has 0 bridgehead atoms. The van der Waals surface area contributed by atoms with E-state index in [1.165, 1.54) is 6.08 Å². The maximum absolute atomic E-state index is 12.4. The first-order valence-corrected chi connectivity index (χ1v) is 11.8. The van der Waals surface area contributed by atoms with E-state index in [2.05, 4.69) is 37.6 Å². The molecule has 8 heteroatoms. The normalized spacial score (nSPS) is 21.3. The van der Waals surface area contributed by atoms with Gasteiger partial charge in [-0.2, -0.15) is 0 Å². The van der Waals surface area contributed by atoms with Gasteiger partial charge in [0.2, 0.25) is 11.6 Å². The van der Waals surface area contributed by atoms with Crippen molar-refractivity contribution >= 4 is 11.6 Å². The molecule has 0 spiro atoms. The van der Waals surface area contributed by atoms with Gasteiger partial charge in [-0.25, -0.2) is 0 Å². The molecule has 0 atom stereocenters. The first kappa shape index (κ1) is 20.7. The first-order chi connectivity index (χ1) is 12.7. The molecule has 3 saturated heterocycles. The molecule has 0 radical (unpaired) electrons. The SMILES string of the molecule is CC[N](C)[Zr][O]C(C)(C)C.O=C1C=C(N2CC2)C(=O)C(N2CC2)=C1N1CC1. The summed E-state index contributed by atoms with van der Waals surface area (Å²) in [6, 6.07) is 0. The molecule has 0 aromatic carbocycles. The van der Waals surface area contributed by atoms with Crippen molar-refractivity contribution in [3.8, 4) is 0 Å². The van der Waals surface area contributed by atoms with Gasteiger partial charge in [-0.3, -0.25) is 9.59 Å². The van der Waals surface area contributed by atoms with Gasteiger partial charge in [0.15, 0.2) is 0 Å². The molecule has 7 nitrogen and oxygen atoms in total. The molecule has 1 aliphatic carbocycles. The van der Waals surface area contributed by atoms with Crippen molar-refractivity contribution in [3.05, 3.63) is 23.2 Å². The third kappa shape index (κ3) is 5.75. The second-order valence-corrected chi connectivity index (χ2v) is 11.0. The number of Topliss-reactive ketones (excluding diaryl/α,β-unsaturated/α-hetero) is 1. The summed E-state index contributed by atoms with van der Waals surface area (Å²) in [4.78, 5) is 30.5. The van der Waals surface area contributed by atoms with Crippen molar-refractivity contribution in [2.45, 2.75) is 33.3 Å². The van der Waals surface area contributed by atoms with E-state index >= 15 is 0 Å². The van der Waals surface area contributed by atoms with E-state index in [9.17, 15) is 9.59 Å². The summed E-state index contributed by atoms with van der Waals surface area (Å²) in [6.45, 7) is 15.0. The van der Waals surface area contributed by atoms with Crippen LogP contribution in [0.15, 0.2) is 23.2 Å². The van der Waals surface area contributed by atoms with Crippen molar-refractivity contribution in [2.75, 3.05) is 52.9 Å². The molecular formula is C19H30N4O3Zr. The zero-order valence-electron chi connectivity index (χ0n) is 17.0. The third-order valence-electron chi connectivity index (χ3n) is 4.47. The Morgan fingerprint density at radius 1 is 1.00 bits per heavy atom. The summed E-state index contributed by atoms with van der Waals surface area (Å²) in [5, 5.41) is 0. The number of carbonyl (C=O) groups excluding carboxylic acids is 2. The Hall–Kier alpha value is -0.977. The van der Waals surface area contributed by atoms with Crippen LogP contribution in [0.5, 0.6) is 0 Å². The van der Waals surface area contributed by atoms with Crippen LogP contribution in [-0.2, 0) is 36.4 Å². The van der Waals surface area contributed by atoms with Crippen LogP contribution in [0.2, 0.25) is 0 Å². The molecule has 148 valence electrons. The molecule has 0 N–H and O–H groups in total. The molecular weight excluding hydrogens is 423 g/mol. The van der Waals surface area contributed by atoms with Gasteiger partial charge < -0.3 is 14.7 Å². The van der Waals surface area contributed by atoms with Gasteiger partial charge in [0.05, 0.1) is 5.70 Å². The summed E-state index contributed by atoms with van der Waals surface area (Å²) < 4.78 is 7.98. The molecule has 27 heavy (non-hydrogen) atoms. The fourth-order valence-corrected chi connectivity index (χ4v) is 3.93. The fourth-order valence-electron chi connectivity index (χ4n) is 2.56. The van der Waals surface area contributed by atoms with Crippen LogP contribution in [-0.4, -0.2) is 87.6 Å². The van der Waals surface area contributed by atoms with E-state index in [1.54, 1.807) is 0 Å². The predicted octanol–water partition coefficient (Wildman–Crippen LogP) is 0.846. The predicted molar refractivity (Wildman–Crippen MR) is 99.0 cm³/mol. The van der Waals surface area contributed by atoms with Crippen LogP contribution >= 0.6 is 0 Å². The van der Waals surface area contributed by atoms with Gasteiger partial charge >= 0.3 is 76.5 Å². The second-order valence-electron chi connectivity index (χ2n) is 8.20. The zero-order valence-corrected chi connectivity index (χ0v) is 19.5. The van der Waals surface area contributed by atoms with Gasteiger partial charge in [0.25, 0.3) is 0 Å². The smallest absolute Gasteiger partial charge is 0.227 e. The van der Waals surface area contributed by atoms with Crippen molar-refractivity contribution in [2.24, 2.45) is 0 Å². The number of hydrogen-bond donors (Lipinski definition) is 0. The van der Waals surface area contributed by atoms with E-state index in [-0.39, 0.29) is 17.2 Å². The number of carbonyl (C=O) groups is 2. The Balaban J connectivity index is 0.000000183. The second kappa shape index (κ2) is 8.18. The molecule has 0 aromatic rings. The minimum Gasteiger partial charge on any atom is -0.365 e. The Bertz CT molecular complexity index is 671. The van der Waals surface area contributed by atoms with Gasteiger partial charge in [0, 0.05) is 45.3 Å².